The highest BCUT2D eigenvalue weighted by molar-refractivity contribution is 5.31. The average molecular weight is 277 g/mol. The molecule has 1 unspecified atom stereocenters. The van der Waals surface area contributed by atoms with Crippen LogP contribution in [0.2, 0.25) is 0 Å². The van der Waals surface area contributed by atoms with Gasteiger partial charge in [0.15, 0.2) is 0 Å². The lowest BCUT2D eigenvalue weighted by molar-refractivity contribution is -0.0536. The van der Waals surface area contributed by atoms with Crippen molar-refractivity contribution in [3.63, 3.8) is 0 Å². The van der Waals surface area contributed by atoms with E-state index in [1.54, 1.807) is 0 Å². The highest BCUT2D eigenvalue weighted by Crippen LogP contribution is 2.41. The maximum absolute atomic E-state index is 6.51. The Morgan fingerprint density at radius 1 is 1.15 bits per heavy atom. The first-order valence-electron chi connectivity index (χ1n) is 7.73. The summed E-state index contributed by atoms with van der Waals surface area (Å²) in [6.07, 6.45) is 4.74. The summed E-state index contributed by atoms with van der Waals surface area (Å²) in [5.41, 5.74) is 7.47. The van der Waals surface area contributed by atoms with Crippen molar-refractivity contribution in [2.24, 2.45) is 5.73 Å². The Hall–Kier alpha value is -1.06. The van der Waals surface area contributed by atoms with Crippen LogP contribution in [0.4, 0.5) is 0 Å². The van der Waals surface area contributed by atoms with Crippen LogP contribution < -0.4 is 10.5 Å². The van der Waals surface area contributed by atoms with E-state index in [1.807, 2.05) is 32.9 Å². The highest BCUT2D eigenvalue weighted by atomic mass is 16.5. The molecule has 0 aliphatic heterocycles. The minimum Gasteiger partial charge on any atom is -0.491 e. The quantitative estimate of drug-likeness (QED) is 0.859. The maximum Gasteiger partial charge on any atom is 0.119 e. The molecule has 1 aliphatic rings. The minimum atomic E-state index is -0.171. The molecule has 1 saturated carbocycles. The van der Waals surface area contributed by atoms with E-state index in [-0.39, 0.29) is 17.7 Å². The molecular formula is C17H27NO2. The van der Waals surface area contributed by atoms with E-state index < -0.39 is 0 Å². The molecule has 20 heavy (non-hydrogen) atoms. The summed E-state index contributed by atoms with van der Waals surface area (Å²) in [7, 11) is 0. The molecule has 0 spiro atoms. The van der Waals surface area contributed by atoms with Crippen LogP contribution in [-0.4, -0.2) is 18.3 Å². The summed E-state index contributed by atoms with van der Waals surface area (Å²) >= 11 is 0. The van der Waals surface area contributed by atoms with Crippen molar-refractivity contribution in [3.8, 4) is 5.75 Å². The van der Waals surface area contributed by atoms with E-state index in [0.717, 1.165) is 30.8 Å². The Morgan fingerprint density at radius 2 is 1.75 bits per heavy atom. The Kier molecular flexibility index (Phi) is 5.06. The summed E-state index contributed by atoms with van der Waals surface area (Å²) < 4.78 is 11.7. The third-order valence-electron chi connectivity index (χ3n) is 4.06. The Labute approximate surface area is 122 Å². The van der Waals surface area contributed by atoms with Crippen LogP contribution in [0.15, 0.2) is 24.3 Å². The molecule has 0 saturated heterocycles. The van der Waals surface area contributed by atoms with Gasteiger partial charge < -0.3 is 15.2 Å². The fraction of sp³-hybridized carbons (Fsp3) is 0.647. The Morgan fingerprint density at radius 3 is 2.25 bits per heavy atom. The van der Waals surface area contributed by atoms with Gasteiger partial charge in [-0.1, -0.05) is 25.0 Å². The highest BCUT2D eigenvalue weighted by Gasteiger charge is 2.40. The lowest BCUT2D eigenvalue weighted by Gasteiger charge is -2.35. The van der Waals surface area contributed by atoms with Gasteiger partial charge in [-0.25, -0.2) is 0 Å². The van der Waals surface area contributed by atoms with Gasteiger partial charge in [0.1, 0.15) is 5.75 Å². The first-order valence-corrected chi connectivity index (χ1v) is 7.73. The van der Waals surface area contributed by atoms with Gasteiger partial charge in [-0.3, -0.25) is 0 Å². The third kappa shape index (κ3) is 3.33. The molecule has 2 N–H and O–H groups in total. The molecule has 0 bridgehead atoms. The number of hydrogen-bond acceptors (Lipinski definition) is 3. The lowest BCUT2D eigenvalue weighted by atomic mass is 9.87. The SMILES string of the molecule is CCOC1(C(N)c2ccc(OC(C)C)cc2)CCCC1. The van der Waals surface area contributed by atoms with Gasteiger partial charge in [0.25, 0.3) is 0 Å². The van der Waals surface area contributed by atoms with Gasteiger partial charge in [0.2, 0.25) is 0 Å². The van der Waals surface area contributed by atoms with Crippen LogP contribution in [0.3, 0.4) is 0 Å². The van der Waals surface area contributed by atoms with E-state index in [2.05, 4.69) is 12.1 Å². The maximum atomic E-state index is 6.51. The summed E-state index contributed by atoms with van der Waals surface area (Å²) in [6, 6.07) is 8.09. The minimum absolute atomic E-state index is 0.0574. The van der Waals surface area contributed by atoms with Gasteiger partial charge in [-0.2, -0.15) is 0 Å². The molecule has 112 valence electrons. The standard InChI is InChI=1S/C17H27NO2/c1-4-19-17(11-5-6-12-17)16(18)14-7-9-15(10-8-14)20-13(2)3/h7-10,13,16H,4-6,11-12,18H2,1-3H3. The molecule has 1 atom stereocenters. The van der Waals surface area contributed by atoms with E-state index in [0.29, 0.717) is 0 Å². The zero-order valence-electron chi connectivity index (χ0n) is 12.9. The molecular weight excluding hydrogens is 250 g/mol. The number of hydrogen-bond donors (Lipinski definition) is 1. The summed E-state index contributed by atoms with van der Waals surface area (Å²) in [6.45, 7) is 6.83. The van der Waals surface area contributed by atoms with Gasteiger partial charge in [0.05, 0.1) is 17.7 Å². The molecule has 0 radical (unpaired) electrons. The topological polar surface area (TPSA) is 44.5 Å². The van der Waals surface area contributed by atoms with Crippen molar-refractivity contribution in [3.05, 3.63) is 29.8 Å². The van der Waals surface area contributed by atoms with Gasteiger partial charge in [-0.15, -0.1) is 0 Å². The normalized spacial score (nSPS) is 19.2. The molecule has 0 aromatic heterocycles. The fourth-order valence-electron chi connectivity index (χ4n) is 3.14. The summed E-state index contributed by atoms with van der Waals surface area (Å²) in [4.78, 5) is 0. The molecule has 2 rings (SSSR count). The van der Waals surface area contributed by atoms with Gasteiger partial charge >= 0.3 is 0 Å². The lowest BCUT2D eigenvalue weighted by Crippen LogP contribution is -2.41. The number of ether oxygens (including phenoxy) is 2. The zero-order chi connectivity index (χ0) is 14.6. The second kappa shape index (κ2) is 6.59. The van der Waals surface area contributed by atoms with Crippen molar-refractivity contribution in [1.82, 2.24) is 0 Å². The predicted molar refractivity (Wildman–Crippen MR) is 82.0 cm³/mol. The van der Waals surface area contributed by atoms with E-state index in [1.165, 1.54) is 12.8 Å². The van der Waals surface area contributed by atoms with E-state index in [9.17, 15) is 0 Å². The molecule has 1 fully saturated rings. The summed E-state index contributed by atoms with van der Waals surface area (Å²) in [5.74, 6) is 0.896. The molecule has 0 heterocycles. The van der Waals surface area contributed by atoms with Crippen LogP contribution in [-0.2, 0) is 4.74 Å². The van der Waals surface area contributed by atoms with Crippen molar-refractivity contribution in [2.75, 3.05) is 6.61 Å². The Balaban J connectivity index is 2.13. The molecule has 3 nitrogen and oxygen atoms in total. The third-order valence-corrected chi connectivity index (χ3v) is 4.06. The zero-order valence-corrected chi connectivity index (χ0v) is 12.9. The Bertz CT molecular complexity index is 408. The van der Waals surface area contributed by atoms with Crippen LogP contribution >= 0.6 is 0 Å². The smallest absolute Gasteiger partial charge is 0.119 e. The van der Waals surface area contributed by atoms with Crippen molar-refractivity contribution < 1.29 is 9.47 Å². The van der Waals surface area contributed by atoms with Gasteiger partial charge in [0, 0.05) is 6.61 Å². The van der Waals surface area contributed by atoms with E-state index in [4.69, 9.17) is 15.2 Å². The molecule has 3 heteroatoms. The molecule has 1 aliphatic carbocycles. The average Bonchev–Trinajstić information content (AvgIpc) is 2.88. The largest absolute Gasteiger partial charge is 0.491 e. The first-order chi connectivity index (χ1) is 9.57. The molecule has 0 amide bonds. The number of benzene rings is 1. The second-order valence-corrected chi connectivity index (χ2v) is 5.92. The molecule has 1 aromatic rings. The number of nitrogens with two attached hydrogens (primary N) is 1. The predicted octanol–water partition coefficient (Wildman–Crippen LogP) is 3.82. The van der Waals surface area contributed by atoms with Crippen molar-refractivity contribution in [1.29, 1.82) is 0 Å². The molecule has 1 aromatic carbocycles. The second-order valence-electron chi connectivity index (χ2n) is 5.92. The van der Waals surface area contributed by atoms with Crippen LogP contribution in [0.5, 0.6) is 5.75 Å². The first kappa shape index (κ1) is 15.3. The van der Waals surface area contributed by atoms with Gasteiger partial charge in [-0.05, 0) is 51.3 Å². The monoisotopic (exact) mass is 277 g/mol. The number of rotatable bonds is 6. The summed E-state index contributed by atoms with van der Waals surface area (Å²) in [5, 5.41) is 0. The van der Waals surface area contributed by atoms with Crippen molar-refractivity contribution in [2.45, 2.75) is 64.2 Å². The van der Waals surface area contributed by atoms with E-state index >= 15 is 0 Å². The van der Waals surface area contributed by atoms with Crippen LogP contribution in [0.25, 0.3) is 0 Å². The fourth-order valence-corrected chi connectivity index (χ4v) is 3.14. The van der Waals surface area contributed by atoms with Crippen LogP contribution in [0, 0.1) is 0 Å². The van der Waals surface area contributed by atoms with Crippen molar-refractivity contribution >= 4 is 0 Å². The van der Waals surface area contributed by atoms with Crippen LogP contribution in [0.1, 0.15) is 58.1 Å².